The van der Waals surface area contributed by atoms with E-state index >= 15 is 0 Å². The van der Waals surface area contributed by atoms with Crippen LogP contribution in [0.15, 0.2) is 24.3 Å². The van der Waals surface area contributed by atoms with Crippen LogP contribution in [0.1, 0.15) is 17.4 Å². The standard InChI is InChI=1S/C8H10N2O2/c9-7(10)5-3-1-2-4-6(5)8(11)12/h1-4,8,11-12H,(H3,9,10). The number of amidine groups is 1. The minimum atomic E-state index is -1.58. The van der Waals surface area contributed by atoms with Crippen LogP contribution < -0.4 is 5.73 Å². The quantitative estimate of drug-likeness (QED) is 0.282. The van der Waals surface area contributed by atoms with Gasteiger partial charge >= 0.3 is 0 Å². The Labute approximate surface area is 69.8 Å². The Bertz CT molecular complexity index is 297. The van der Waals surface area contributed by atoms with Crippen molar-refractivity contribution in [2.75, 3.05) is 0 Å². The van der Waals surface area contributed by atoms with Gasteiger partial charge in [0.05, 0.1) is 0 Å². The molecule has 5 N–H and O–H groups in total. The number of aliphatic hydroxyl groups excluding tert-OH is 1. The van der Waals surface area contributed by atoms with Gasteiger partial charge in [-0.25, -0.2) is 0 Å². The van der Waals surface area contributed by atoms with Gasteiger partial charge in [0.15, 0.2) is 6.29 Å². The topological polar surface area (TPSA) is 90.3 Å². The van der Waals surface area contributed by atoms with Gasteiger partial charge in [0.2, 0.25) is 0 Å². The first kappa shape index (κ1) is 8.70. The largest absolute Gasteiger partial charge is 0.384 e. The first-order valence-electron chi connectivity index (χ1n) is 3.42. The van der Waals surface area contributed by atoms with Gasteiger partial charge in [-0.2, -0.15) is 0 Å². The molecule has 0 atom stereocenters. The molecule has 0 bridgehead atoms. The molecule has 64 valence electrons. The third-order valence-electron chi connectivity index (χ3n) is 1.53. The van der Waals surface area contributed by atoms with Crippen molar-refractivity contribution in [3.63, 3.8) is 0 Å². The smallest absolute Gasteiger partial charge is 0.179 e. The second kappa shape index (κ2) is 3.34. The van der Waals surface area contributed by atoms with Crippen LogP contribution in [0.25, 0.3) is 0 Å². The fourth-order valence-electron chi connectivity index (χ4n) is 0.967. The summed E-state index contributed by atoms with van der Waals surface area (Å²) < 4.78 is 0. The lowest BCUT2D eigenvalue weighted by Gasteiger charge is -2.08. The Morgan fingerprint density at radius 3 is 2.33 bits per heavy atom. The van der Waals surface area contributed by atoms with Gasteiger partial charge in [0.25, 0.3) is 0 Å². The maximum Gasteiger partial charge on any atom is 0.179 e. The van der Waals surface area contributed by atoms with Gasteiger partial charge in [-0.05, 0) is 0 Å². The third-order valence-corrected chi connectivity index (χ3v) is 1.53. The van der Waals surface area contributed by atoms with Gasteiger partial charge in [0.1, 0.15) is 5.84 Å². The fraction of sp³-hybridized carbons (Fsp3) is 0.125. The molecule has 0 radical (unpaired) electrons. The van der Waals surface area contributed by atoms with Crippen molar-refractivity contribution in [2.24, 2.45) is 5.73 Å². The van der Waals surface area contributed by atoms with Crippen molar-refractivity contribution < 1.29 is 10.2 Å². The summed E-state index contributed by atoms with van der Waals surface area (Å²) in [4.78, 5) is 0. The van der Waals surface area contributed by atoms with Crippen molar-refractivity contribution in [3.8, 4) is 0 Å². The number of aliphatic hydroxyl groups is 2. The van der Waals surface area contributed by atoms with Crippen molar-refractivity contribution >= 4 is 5.84 Å². The maximum atomic E-state index is 8.86. The first-order chi connectivity index (χ1) is 5.63. The summed E-state index contributed by atoms with van der Waals surface area (Å²) in [7, 11) is 0. The zero-order valence-electron chi connectivity index (χ0n) is 6.36. The first-order valence-corrected chi connectivity index (χ1v) is 3.42. The van der Waals surface area contributed by atoms with Crippen molar-refractivity contribution in [2.45, 2.75) is 6.29 Å². The van der Waals surface area contributed by atoms with Crippen LogP contribution in [0, 0.1) is 5.41 Å². The lowest BCUT2D eigenvalue weighted by Crippen LogP contribution is -2.15. The number of nitrogens with two attached hydrogens (primary N) is 1. The predicted molar refractivity (Wildman–Crippen MR) is 44.6 cm³/mol. The molecule has 1 rings (SSSR count). The summed E-state index contributed by atoms with van der Waals surface area (Å²) in [6, 6.07) is 6.42. The van der Waals surface area contributed by atoms with Gasteiger partial charge in [-0.15, -0.1) is 0 Å². The Morgan fingerprint density at radius 2 is 1.92 bits per heavy atom. The number of hydrogen-bond acceptors (Lipinski definition) is 3. The van der Waals surface area contributed by atoms with E-state index in [1.54, 1.807) is 18.2 Å². The Hall–Kier alpha value is -1.39. The maximum absolute atomic E-state index is 8.86. The average Bonchev–Trinajstić information content (AvgIpc) is 2.04. The Morgan fingerprint density at radius 1 is 1.33 bits per heavy atom. The summed E-state index contributed by atoms with van der Waals surface area (Å²) in [5, 5.41) is 24.8. The molecule has 1 aromatic carbocycles. The lowest BCUT2D eigenvalue weighted by atomic mass is 10.1. The highest BCUT2D eigenvalue weighted by Crippen LogP contribution is 2.14. The van der Waals surface area contributed by atoms with Crippen LogP contribution >= 0.6 is 0 Å². The second-order valence-electron chi connectivity index (χ2n) is 2.37. The monoisotopic (exact) mass is 166 g/mol. The zero-order valence-corrected chi connectivity index (χ0v) is 6.36. The van der Waals surface area contributed by atoms with E-state index < -0.39 is 6.29 Å². The van der Waals surface area contributed by atoms with Crippen LogP contribution in [0.4, 0.5) is 0 Å². The predicted octanol–water partition coefficient (Wildman–Crippen LogP) is -0.0461. The highest BCUT2D eigenvalue weighted by atomic mass is 16.5. The summed E-state index contributed by atoms with van der Waals surface area (Å²) in [5.41, 5.74) is 5.82. The van der Waals surface area contributed by atoms with Crippen LogP contribution in [0.5, 0.6) is 0 Å². The van der Waals surface area contributed by atoms with Crippen molar-refractivity contribution in [1.82, 2.24) is 0 Å². The van der Waals surface area contributed by atoms with Crippen molar-refractivity contribution in [3.05, 3.63) is 35.4 Å². The summed E-state index contributed by atoms with van der Waals surface area (Å²) in [6.45, 7) is 0. The van der Waals surface area contributed by atoms with E-state index in [9.17, 15) is 0 Å². The summed E-state index contributed by atoms with van der Waals surface area (Å²) >= 11 is 0. The molecule has 0 aliphatic rings. The summed E-state index contributed by atoms with van der Waals surface area (Å²) in [5.74, 6) is -0.168. The molecule has 0 aliphatic carbocycles. The van der Waals surface area contributed by atoms with E-state index in [4.69, 9.17) is 21.4 Å². The van der Waals surface area contributed by atoms with Crippen LogP contribution in [-0.2, 0) is 0 Å². The molecule has 0 fully saturated rings. The minimum Gasteiger partial charge on any atom is -0.384 e. The Kier molecular flexibility index (Phi) is 2.42. The SMILES string of the molecule is N=C(N)c1ccccc1C(O)O. The molecular weight excluding hydrogens is 156 g/mol. The van der Waals surface area contributed by atoms with E-state index in [2.05, 4.69) is 0 Å². The molecule has 0 aliphatic heterocycles. The van der Waals surface area contributed by atoms with E-state index in [1.165, 1.54) is 6.07 Å². The van der Waals surface area contributed by atoms with Gasteiger partial charge < -0.3 is 15.9 Å². The van der Waals surface area contributed by atoms with E-state index in [-0.39, 0.29) is 11.4 Å². The van der Waals surface area contributed by atoms with Gasteiger partial charge in [-0.1, -0.05) is 24.3 Å². The van der Waals surface area contributed by atoms with Gasteiger partial charge in [-0.3, -0.25) is 5.41 Å². The van der Waals surface area contributed by atoms with E-state index in [0.29, 0.717) is 5.56 Å². The number of rotatable bonds is 2. The summed E-state index contributed by atoms with van der Waals surface area (Å²) in [6.07, 6.45) is -1.58. The molecule has 4 heteroatoms. The normalized spacial score (nSPS) is 10.2. The van der Waals surface area contributed by atoms with E-state index in [0.717, 1.165) is 0 Å². The average molecular weight is 166 g/mol. The lowest BCUT2D eigenvalue weighted by molar-refractivity contribution is -0.0426. The fourth-order valence-corrected chi connectivity index (χ4v) is 0.967. The van der Waals surface area contributed by atoms with Crippen LogP contribution in [-0.4, -0.2) is 16.0 Å². The van der Waals surface area contributed by atoms with Gasteiger partial charge in [0, 0.05) is 11.1 Å². The van der Waals surface area contributed by atoms with Crippen LogP contribution in [0.2, 0.25) is 0 Å². The molecule has 0 unspecified atom stereocenters. The van der Waals surface area contributed by atoms with Crippen LogP contribution in [0.3, 0.4) is 0 Å². The molecule has 0 saturated carbocycles. The molecule has 0 aromatic heterocycles. The minimum absolute atomic E-state index is 0.168. The molecule has 12 heavy (non-hydrogen) atoms. The highest BCUT2D eigenvalue weighted by Gasteiger charge is 2.09. The molecule has 0 amide bonds. The number of nitrogens with one attached hydrogen (secondary N) is 1. The molecule has 0 saturated heterocycles. The highest BCUT2D eigenvalue weighted by molar-refractivity contribution is 5.96. The van der Waals surface area contributed by atoms with E-state index in [1.807, 2.05) is 0 Å². The third kappa shape index (κ3) is 1.61. The second-order valence-corrected chi connectivity index (χ2v) is 2.37. The zero-order chi connectivity index (χ0) is 9.14. The number of hydrogen-bond donors (Lipinski definition) is 4. The molecule has 0 spiro atoms. The molecule has 4 nitrogen and oxygen atoms in total. The van der Waals surface area contributed by atoms with Crippen molar-refractivity contribution in [1.29, 1.82) is 5.41 Å². The molecular formula is C8H10N2O2. The number of nitrogen functional groups attached to an aromatic ring is 1. The number of benzene rings is 1. The Balaban J connectivity index is 3.17. The molecule has 0 heterocycles. The molecule has 1 aromatic rings.